The average molecular weight is 376 g/mol. The fourth-order valence-corrected chi connectivity index (χ4v) is 3.77. The first-order chi connectivity index (χ1) is 12.5. The molecule has 0 saturated carbocycles. The second-order valence-corrected chi connectivity index (χ2v) is 6.73. The maximum absolute atomic E-state index is 12.1. The molecular formula is C16H20N6O3S. The molecule has 26 heavy (non-hydrogen) atoms. The minimum absolute atomic E-state index is 0.304. The SMILES string of the molecule is CCOC(=O)c1sc2nc(C)nc(NCCCc3n[nH]c(=O)[nH]3)c2c1C. The summed E-state index contributed by atoms with van der Waals surface area (Å²) in [6.07, 6.45) is 1.40. The van der Waals surface area contributed by atoms with E-state index in [4.69, 9.17) is 4.74 Å². The normalized spacial score (nSPS) is 11.0. The van der Waals surface area contributed by atoms with Crippen LogP contribution in [-0.4, -0.2) is 44.3 Å². The molecule has 3 heterocycles. The number of carbonyl (C=O) groups excluding carboxylic acids is 1. The Morgan fingerprint density at radius 2 is 2.12 bits per heavy atom. The minimum atomic E-state index is -0.334. The lowest BCUT2D eigenvalue weighted by Gasteiger charge is -2.08. The van der Waals surface area contributed by atoms with Crippen molar-refractivity contribution in [2.75, 3.05) is 18.5 Å². The third-order valence-corrected chi connectivity index (χ3v) is 4.96. The van der Waals surface area contributed by atoms with Crippen LogP contribution in [0, 0.1) is 13.8 Å². The summed E-state index contributed by atoms with van der Waals surface area (Å²) in [5.41, 5.74) is 0.518. The lowest BCUT2D eigenvalue weighted by atomic mass is 10.2. The number of esters is 1. The first kappa shape index (κ1) is 18.1. The van der Waals surface area contributed by atoms with E-state index in [1.165, 1.54) is 11.3 Å². The lowest BCUT2D eigenvalue weighted by molar-refractivity contribution is 0.0531. The van der Waals surface area contributed by atoms with Gasteiger partial charge in [-0.2, -0.15) is 5.10 Å². The number of aromatic nitrogens is 5. The zero-order valence-corrected chi connectivity index (χ0v) is 15.6. The lowest BCUT2D eigenvalue weighted by Crippen LogP contribution is -2.08. The van der Waals surface area contributed by atoms with Crippen molar-refractivity contribution < 1.29 is 9.53 Å². The first-order valence-electron chi connectivity index (χ1n) is 8.32. The molecule has 3 N–H and O–H groups in total. The van der Waals surface area contributed by atoms with Crippen LogP contribution in [-0.2, 0) is 11.2 Å². The number of nitrogens with one attached hydrogen (secondary N) is 3. The molecule has 0 aromatic carbocycles. The predicted molar refractivity (Wildman–Crippen MR) is 98.9 cm³/mol. The number of aromatic amines is 2. The summed E-state index contributed by atoms with van der Waals surface area (Å²) in [6, 6.07) is 0. The Bertz CT molecular complexity index is 990. The quantitative estimate of drug-likeness (QED) is 0.425. The number of carbonyl (C=O) groups is 1. The first-order valence-corrected chi connectivity index (χ1v) is 9.13. The Kier molecular flexibility index (Phi) is 5.31. The summed E-state index contributed by atoms with van der Waals surface area (Å²) < 4.78 is 5.12. The van der Waals surface area contributed by atoms with Gasteiger partial charge in [-0.05, 0) is 32.8 Å². The van der Waals surface area contributed by atoms with Gasteiger partial charge in [0, 0.05) is 13.0 Å². The second kappa shape index (κ2) is 7.65. The molecule has 3 aromatic heterocycles. The Labute approximate surface area is 153 Å². The number of rotatable bonds is 7. The highest BCUT2D eigenvalue weighted by atomic mass is 32.1. The smallest absolute Gasteiger partial charge is 0.348 e. The number of hydrogen-bond acceptors (Lipinski definition) is 8. The highest BCUT2D eigenvalue weighted by molar-refractivity contribution is 7.20. The van der Waals surface area contributed by atoms with Gasteiger partial charge in [0.25, 0.3) is 0 Å². The van der Waals surface area contributed by atoms with E-state index in [1.807, 2.05) is 13.8 Å². The average Bonchev–Trinajstić information content (AvgIpc) is 3.15. The molecule has 10 heteroatoms. The van der Waals surface area contributed by atoms with Crippen LogP contribution >= 0.6 is 11.3 Å². The maximum Gasteiger partial charge on any atom is 0.348 e. The zero-order valence-electron chi connectivity index (χ0n) is 14.8. The molecule has 9 nitrogen and oxygen atoms in total. The van der Waals surface area contributed by atoms with Gasteiger partial charge in [0.2, 0.25) is 0 Å². The fourth-order valence-electron chi connectivity index (χ4n) is 2.65. The van der Waals surface area contributed by atoms with Gasteiger partial charge in [-0.3, -0.25) is 4.98 Å². The molecule has 138 valence electrons. The minimum Gasteiger partial charge on any atom is -0.462 e. The Balaban J connectivity index is 1.78. The van der Waals surface area contributed by atoms with Crippen LogP contribution < -0.4 is 11.0 Å². The molecule has 0 saturated heterocycles. The summed E-state index contributed by atoms with van der Waals surface area (Å²) in [6.45, 7) is 6.45. The van der Waals surface area contributed by atoms with Gasteiger partial charge < -0.3 is 10.1 Å². The molecular weight excluding hydrogens is 356 g/mol. The van der Waals surface area contributed by atoms with Crippen LogP contribution in [0.3, 0.4) is 0 Å². The Morgan fingerprint density at radius 1 is 1.31 bits per heavy atom. The van der Waals surface area contributed by atoms with Crippen molar-refractivity contribution in [2.45, 2.75) is 33.6 Å². The van der Waals surface area contributed by atoms with Crippen molar-refractivity contribution in [3.8, 4) is 0 Å². The molecule has 3 rings (SSSR count). The zero-order chi connectivity index (χ0) is 18.7. The van der Waals surface area contributed by atoms with Gasteiger partial charge >= 0.3 is 11.7 Å². The van der Waals surface area contributed by atoms with Gasteiger partial charge in [-0.1, -0.05) is 0 Å². The molecule has 0 fully saturated rings. The highest BCUT2D eigenvalue weighted by Crippen LogP contribution is 2.34. The van der Waals surface area contributed by atoms with Crippen molar-refractivity contribution in [1.82, 2.24) is 25.1 Å². The molecule has 3 aromatic rings. The van der Waals surface area contributed by atoms with E-state index in [-0.39, 0.29) is 11.7 Å². The molecule has 0 unspecified atom stereocenters. The van der Waals surface area contributed by atoms with Gasteiger partial charge in [0.05, 0.1) is 12.0 Å². The van der Waals surface area contributed by atoms with E-state index in [9.17, 15) is 9.59 Å². The molecule has 0 spiro atoms. The number of fused-ring (bicyclic) bond motifs is 1. The van der Waals surface area contributed by atoms with E-state index in [0.29, 0.717) is 41.9 Å². The van der Waals surface area contributed by atoms with Crippen molar-refractivity contribution in [2.24, 2.45) is 0 Å². The number of ether oxygens (including phenoxy) is 1. The standard InChI is InChI=1S/C16H20N6O3S/c1-4-25-15(23)12-8(2)11-13(18-9(3)19-14(11)26-12)17-7-5-6-10-20-16(24)22-21-10/h4-7H2,1-3H3,(H,17,18,19)(H2,20,21,22,24). The summed E-state index contributed by atoms with van der Waals surface area (Å²) in [4.78, 5) is 36.0. The molecule has 0 amide bonds. The Morgan fingerprint density at radius 3 is 2.81 bits per heavy atom. The van der Waals surface area contributed by atoms with Crippen molar-refractivity contribution in [3.05, 3.63) is 32.6 Å². The van der Waals surface area contributed by atoms with Gasteiger partial charge in [0.1, 0.15) is 27.2 Å². The number of anilines is 1. The molecule has 0 bridgehead atoms. The van der Waals surface area contributed by atoms with Crippen molar-refractivity contribution in [1.29, 1.82) is 0 Å². The molecule has 0 radical (unpaired) electrons. The van der Waals surface area contributed by atoms with Crippen LogP contribution in [0.5, 0.6) is 0 Å². The van der Waals surface area contributed by atoms with Crippen LogP contribution in [0.1, 0.15) is 40.2 Å². The van der Waals surface area contributed by atoms with Crippen LogP contribution in [0.2, 0.25) is 0 Å². The number of thiophene rings is 1. The van der Waals surface area contributed by atoms with E-state index in [0.717, 1.165) is 22.2 Å². The molecule has 0 aliphatic carbocycles. The molecule has 0 atom stereocenters. The monoisotopic (exact) mass is 376 g/mol. The fraction of sp³-hybridized carbons (Fsp3) is 0.438. The van der Waals surface area contributed by atoms with Gasteiger partial charge in [-0.15, -0.1) is 11.3 Å². The van der Waals surface area contributed by atoms with Crippen LogP contribution in [0.25, 0.3) is 10.2 Å². The summed E-state index contributed by atoms with van der Waals surface area (Å²) >= 11 is 1.32. The van der Waals surface area contributed by atoms with Crippen LogP contribution in [0.15, 0.2) is 4.79 Å². The largest absolute Gasteiger partial charge is 0.462 e. The van der Waals surface area contributed by atoms with Crippen molar-refractivity contribution in [3.63, 3.8) is 0 Å². The summed E-state index contributed by atoms with van der Waals surface area (Å²) in [5.74, 6) is 1.62. The van der Waals surface area contributed by atoms with Crippen molar-refractivity contribution >= 4 is 33.3 Å². The van der Waals surface area contributed by atoms with E-state index in [1.54, 1.807) is 6.92 Å². The Hall–Kier alpha value is -2.75. The topological polar surface area (TPSA) is 126 Å². The third-order valence-electron chi connectivity index (χ3n) is 3.80. The van der Waals surface area contributed by atoms with Gasteiger partial charge in [-0.25, -0.2) is 24.7 Å². The second-order valence-electron chi connectivity index (χ2n) is 5.73. The number of hydrogen-bond donors (Lipinski definition) is 3. The maximum atomic E-state index is 12.1. The number of aryl methyl sites for hydroxylation is 3. The molecule has 0 aliphatic heterocycles. The van der Waals surface area contributed by atoms with E-state index >= 15 is 0 Å². The summed E-state index contributed by atoms with van der Waals surface area (Å²) in [5, 5.41) is 10.4. The van der Waals surface area contributed by atoms with E-state index < -0.39 is 0 Å². The third kappa shape index (κ3) is 3.74. The number of H-pyrrole nitrogens is 2. The highest BCUT2D eigenvalue weighted by Gasteiger charge is 2.20. The van der Waals surface area contributed by atoms with Crippen LogP contribution in [0.4, 0.5) is 5.82 Å². The predicted octanol–water partition coefficient (Wildman–Crippen LogP) is 1.94. The van der Waals surface area contributed by atoms with E-state index in [2.05, 4.69) is 30.5 Å². The number of nitrogens with zero attached hydrogens (tertiary/aromatic N) is 3. The van der Waals surface area contributed by atoms with Gasteiger partial charge in [0.15, 0.2) is 0 Å². The summed E-state index contributed by atoms with van der Waals surface area (Å²) in [7, 11) is 0. The molecule has 0 aliphatic rings.